The quantitative estimate of drug-likeness (QED) is 0.735. The molecule has 3 fully saturated rings. The number of carboxylic acids is 2. The Morgan fingerprint density at radius 2 is 1.75 bits per heavy atom. The van der Waals surface area contributed by atoms with Gasteiger partial charge >= 0.3 is 11.9 Å². The minimum atomic E-state index is -1.26. The number of aliphatic carboxylic acids is 2. The molecule has 0 aliphatic carbocycles. The molecule has 3 aliphatic heterocycles. The number of hydrogen-bond acceptors (Lipinski definition) is 8. The Labute approximate surface area is 161 Å². The Kier molecular flexibility index (Phi) is 6.33. The zero-order valence-corrected chi connectivity index (χ0v) is 15.1. The first-order valence-corrected chi connectivity index (χ1v) is 8.88. The maximum absolute atomic E-state index is 9.55. The maximum Gasteiger partial charge on any atom is 0.328 e. The van der Waals surface area contributed by atoms with E-state index in [1.54, 1.807) is 6.20 Å². The van der Waals surface area contributed by atoms with Crippen molar-refractivity contribution in [3.8, 4) is 11.5 Å². The third-order valence-corrected chi connectivity index (χ3v) is 4.65. The van der Waals surface area contributed by atoms with Gasteiger partial charge in [-0.15, -0.1) is 10.2 Å². The fourth-order valence-electron chi connectivity index (χ4n) is 3.28. The highest BCUT2D eigenvalue weighted by Crippen LogP contribution is 2.26. The molecule has 0 atom stereocenters. The van der Waals surface area contributed by atoms with Crippen LogP contribution in [0.2, 0.25) is 0 Å². The molecule has 0 saturated carbocycles. The van der Waals surface area contributed by atoms with Crippen LogP contribution in [0.15, 0.2) is 41.3 Å². The van der Waals surface area contributed by atoms with E-state index in [1.165, 1.54) is 32.3 Å². The average molecular weight is 387 g/mol. The molecule has 3 saturated heterocycles. The monoisotopic (exact) mass is 387 g/mol. The van der Waals surface area contributed by atoms with E-state index in [1.807, 2.05) is 12.1 Å². The Hall–Kier alpha value is -3.27. The maximum atomic E-state index is 9.55. The molecule has 0 spiro atoms. The smallest absolute Gasteiger partial charge is 0.328 e. The molecule has 3 aliphatic rings. The van der Waals surface area contributed by atoms with E-state index in [4.69, 9.17) is 14.6 Å². The van der Waals surface area contributed by atoms with Crippen molar-refractivity contribution in [3.05, 3.63) is 36.9 Å². The van der Waals surface area contributed by atoms with Crippen molar-refractivity contribution in [3.63, 3.8) is 0 Å². The van der Waals surface area contributed by atoms with E-state index in [2.05, 4.69) is 25.0 Å². The number of carboxylic acid groups (broad SMARTS) is 2. The third kappa shape index (κ3) is 5.13. The van der Waals surface area contributed by atoms with E-state index in [0.717, 1.165) is 24.6 Å². The predicted molar refractivity (Wildman–Crippen MR) is 98.7 cm³/mol. The Morgan fingerprint density at radius 1 is 1.04 bits per heavy atom. The van der Waals surface area contributed by atoms with E-state index < -0.39 is 11.9 Å². The van der Waals surface area contributed by atoms with Gasteiger partial charge in [0.25, 0.3) is 0 Å². The molecule has 0 aromatic carbocycles. The zero-order chi connectivity index (χ0) is 19.9. The van der Waals surface area contributed by atoms with Crippen LogP contribution in [-0.2, 0) is 9.59 Å². The van der Waals surface area contributed by atoms with E-state index in [9.17, 15) is 9.59 Å². The van der Waals surface area contributed by atoms with E-state index in [-0.39, 0.29) is 0 Å². The standard InChI is InChI=1S/C14H17N5O.C4H4O4/c1-2-14(17-16-12(1)13-9-15-10-20-13)19-8-7-18-5-3-11(19)4-6-18;5-3(6)1-2-4(7)8/h1-2,9-11H,3-8H2;1-2H,(H,5,6)(H,7,8)/b;2-1+. The summed E-state index contributed by atoms with van der Waals surface area (Å²) in [6.45, 7) is 4.60. The molecule has 10 nitrogen and oxygen atoms in total. The van der Waals surface area contributed by atoms with Crippen LogP contribution in [0.4, 0.5) is 5.82 Å². The number of oxazole rings is 1. The van der Waals surface area contributed by atoms with Gasteiger partial charge in [0.1, 0.15) is 5.69 Å². The second-order valence-corrected chi connectivity index (χ2v) is 6.42. The molecule has 10 heteroatoms. The summed E-state index contributed by atoms with van der Waals surface area (Å²) in [5.41, 5.74) is 0.731. The largest absolute Gasteiger partial charge is 0.478 e. The molecule has 2 aromatic heterocycles. The summed E-state index contributed by atoms with van der Waals surface area (Å²) in [6.07, 6.45) is 6.64. The van der Waals surface area contributed by atoms with E-state index in [0.29, 0.717) is 24.0 Å². The van der Waals surface area contributed by atoms with Gasteiger partial charge in [0, 0.05) is 44.4 Å². The van der Waals surface area contributed by atoms with Crippen LogP contribution in [0.1, 0.15) is 12.8 Å². The van der Waals surface area contributed by atoms with Gasteiger partial charge in [-0.3, -0.25) is 0 Å². The van der Waals surface area contributed by atoms with Crippen LogP contribution >= 0.6 is 0 Å². The van der Waals surface area contributed by atoms with E-state index >= 15 is 0 Å². The van der Waals surface area contributed by atoms with Gasteiger partial charge in [-0.05, 0) is 25.0 Å². The number of rotatable bonds is 4. The number of aromatic nitrogens is 3. The third-order valence-electron chi connectivity index (χ3n) is 4.65. The highest BCUT2D eigenvalue weighted by atomic mass is 16.4. The van der Waals surface area contributed by atoms with Crippen molar-refractivity contribution in [2.75, 3.05) is 31.1 Å². The molecule has 28 heavy (non-hydrogen) atoms. The summed E-state index contributed by atoms with van der Waals surface area (Å²) >= 11 is 0. The highest BCUT2D eigenvalue weighted by Gasteiger charge is 2.29. The van der Waals surface area contributed by atoms with Gasteiger partial charge in [0.05, 0.1) is 6.20 Å². The van der Waals surface area contributed by atoms with Gasteiger partial charge < -0.3 is 24.4 Å². The first kappa shape index (κ1) is 19.5. The minimum Gasteiger partial charge on any atom is -0.478 e. The van der Waals surface area contributed by atoms with Crippen molar-refractivity contribution < 1.29 is 24.2 Å². The van der Waals surface area contributed by atoms with Crippen LogP contribution in [0.5, 0.6) is 0 Å². The van der Waals surface area contributed by atoms with Crippen LogP contribution in [-0.4, -0.2) is 74.5 Å². The lowest BCUT2D eigenvalue weighted by molar-refractivity contribution is -0.134. The molecule has 2 N–H and O–H groups in total. The molecule has 5 rings (SSSR count). The summed E-state index contributed by atoms with van der Waals surface area (Å²) in [4.78, 5) is 28.0. The Bertz CT molecular complexity index is 797. The summed E-state index contributed by atoms with van der Waals surface area (Å²) in [5, 5.41) is 24.3. The average Bonchev–Trinajstić information content (AvgIpc) is 3.07. The van der Waals surface area contributed by atoms with Gasteiger partial charge in [0.15, 0.2) is 18.0 Å². The van der Waals surface area contributed by atoms with Crippen LogP contribution in [0.3, 0.4) is 0 Å². The highest BCUT2D eigenvalue weighted by molar-refractivity contribution is 5.89. The van der Waals surface area contributed by atoms with Crippen LogP contribution in [0, 0.1) is 0 Å². The first-order chi connectivity index (χ1) is 13.5. The number of carbonyl (C=O) groups is 2. The summed E-state index contributed by atoms with van der Waals surface area (Å²) in [7, 11) is 0. The summed E-state index contributed by atoms with van der Waals surface area (Å²) < 4.78 is 5.24. The molecule has 0 unspecified atom stereocenters. The van der Waals surface area contributed by atoms with Crippen LogP contribution in [0.25, 0.3) is 11.5 Å². The lowest BCUT2D eigenvalue weighted by atomic mass is 10.1. The molecule has 0 radical (unpaired) electrons. The SMILES string of the molecule is O=C(O)/C=C/C(=O)O.c1ncc(-c2ccc(N3CCN4CCC3CC4)nn2)o1. The van der Waals surface area contributed by atoms with Gasteiger partial charge in [-0.1, -0.05) is 0 Å². The normalized spacial score (nSPS) is 21.1. The Morgan fingerprint density at radius 3 is 2.29 bits per heavy atom. The van der Waals surface area contributed by atoms with Gasteiger partial charge in [-0.2, -0.15) is 0 Å². The van der Waals surface area contributed by atoms with Crippen molar-refractivity contribution in [2.24, 2.45) is 0 Å². The number of piperidine rings is 1. The molecular weight excluding hydrogens is 366 g/mol. The fourth-order valence-corrected chi connectivity index (χ4v) is 3.28. The molecule has 2 bridgehead atoms. The Balaban J connectivity index is 0.000000242. The number of fused-ring (bicyclic) bond motifs is 4. The lowest BCUT2D eigenvalue weighted by Crippen LogP contribution is -2.38. The molecule has 0 amide bonds. The van der Waals surface area contributed by atoms with Gasteiger partial charge in [0.2, 0.25) is 0 Å². The minimum absolute atomic E-state index is 0.558. The lowest BCUT2D eigenvalue weighted by Gasteiger charge is -2.31. The molecular formula is C18H21N5O5. The second-order valence-electron chi connectivity index (χ2n) is 6.42. The first-order valence-electron chi connectivity index (χ1n) is 8.88. The van der Waals surface area contributed by atoms with Crippen molar-refractivity contribution >= 4 is 17.8 Å². The van der Waals surface area contributed by atoms with Crippen molar-refractivity contribution in [2.45, 2.75) is 18.9 Å². The fraction of sp³-hybridized carbons (Fsp3) is 0.389. The number of hydrogen-bond donors (Lipinski definition) is 2. The number of nitrogens with zero attached hydrogens (tertiary/aromatic N) is 5. The van der Waals surface area contributed by atoms with Crippen LogP contribution < -0.4 is 4.90 Å². The topological polar surface area (TPSA) is 133 Å². The molecule has 5 heterocycles. The van der Waals surface area contributed by atoms with Gasteiger partial charge in [-0.25, -0.2) is 14.6 Å². The number of anilines is 1. The predicted octanol–water partition coefficient (Wildman–Crippen LogP) is 1.13. The zero-order valence-electron chi connectivity index (χ0n) is 15.1. The van der Waals surface area contributed by atoms with Crippen molar-refractivity contribution in [1.82, 2.24) is 20.1 Å². The molecule has 148 valence electrons. The van der Waals surface area contributed by atoms with Crippen molar-refractivity contribution in [1.29, 1.82) is 0 Å². The summed E-state index contributed by atoms with van der Waals surface area (Å²) in [5.74, 6) is -0.881. The second kappa shape index (κ2) is 9.09. The molecule has 2 aromatic rings. The summed E-state index contributed by atoms with van der Waals surface area (Å²) in [6, 6.07) is 4.61.